The van der Waals surface area contributed by atoms with Crippen molar-refractivity contribution < 1.29 is 9.53 Å². The number of alkyl carbamates (subject to hydrolysis) is 1. The Morgan fingerprint density at radius 1 is 1.62 bits per heavy atom. The Kier molecular flexibility index (Phi) is 4.49. The number of hydrogen-bond donors (Lipinski definition) is 1. The molecule has 0 bridgehead atoms. The first-order chi connectivity index (χ1) is 7.47. The van der Waals surface area contributed by atoms with E-state index in [0.717, 1.165) is 5.01 Å². The largest absolute Gasteiger partial charge is 0.444 e. The van der Waals surface area contributed by atoms with Gasteiger partial charge in [-0.15, -0.1) is 11.3 Å². The molecule has 1 aromatic rings. The Labute approximate surface area is 99.3 Å². The smallest absolute Gasteiger partial charge is 0.407 e. The molecule has 0 aliphatic carbocycles. The summed E-state index contributed by atoms with van der Waals surface area (Å²) in [5.74, 6) is 0. The first-order valence-electron chi connectivity index (χ1n) is 5.00. The van der Waals surface area contributed by atoms with Gasteiger partial charge in [0.1, 0.15) is 10.6 Å². The van der Waals surface area contributed by atoms with Gasteiger partial charge in [0.2, 0.25) is 0 Å². The number of carbonyl (C=O) groups excluding carboxylic acids is 1. The molecule has 1 aromatic heterocycles. The van der Waals surface area contributed by atoms with Gasteiger partial charge in [-0.1, -0.05) is 6.08 Å². The second kappa shape index (κ2) is 5.65. The molecule has 1 N–H and O–H groups in total. The van der Waals surface area contributed by atoms with Crippen molar-refractivity contribution in [2.24, 2.45) is 0 Å². The molecule has 5 heteroatoms. The van der Waals surface area contributed by atoms with E-state index in [-0.39, 0.29) is 0 Å². The maximum atomic E-state index is 11.2. The van der Waals surface area contributed by atoms with Gasteiger partial charge in [0.15, 0.2) is 0 Å². The zero-order valence-corrected chi connectivity index (χ0v) is 10.5. The molecular weight excluding hydrogens is 224 g/mol. The maximum Gasteiger partial charge on any atom is 0.407 e. The number of nitrogens with zero attached hydrogens (tertiary/aromatic N) is 1. The standard InChI is InChI=1S/C11H16N2O2S/c1-11(2,3)15-10(14)13-6-4-5-9-12-7-8-16-9/h4-5,7-8H,6H2,1-3H3,(H,13,14). The van der Waals surface area contributed by atoms with Crippen LogP contribution in [0.15, 0.2) is 17.7 Å². The van der Waals surface area contributed by atoms with E-state index in [1.54, 1.807) is 17.5 Å². The quantitative estimate of drug-likeness (QED) is 0.883. The number of carbonyl (C=O) groups is 1. The third kappa shape index (κ3) is 5.50. The number of aromatic nitrogens is 1. The predicted molar refractivity (Wildman–Crippen MR) is 65.4 cm³/mol. The summed E-state index contributed by atoms with van der Waals surface area (Å²) in [5.41, 5.74) is -0.455. The fraction of sp³-hybridized carbons (Fsp3) is 0.455. The fourth-order valence-electron chi connectivity index (χ4n) is 0.933. The van der Waals surface area contributed by atoms with Crippen LogP contribution in [0.4, 0.5) is 4.79 Å². The third-order valence-corrected chi connectivity index (χ3v) is 2.22. The van der Waals surface area contributed by atoms with Crippen LogP contribution >= 0.6 is 11.3 Å². The molecule has 0 spiro atoms. The first kappa shape index (κ1) is 12.7. The van der Waals surface area contributed by atoms with Gasteiger partial charge in [-0.25, -0.2) is 9.78 Å². The number of ether oxygens (including phenoxy) is 1. The van der Waals surface area contributed by atoms with Gasteiger partial charge >= 0.3 is 6.09 Å². The van der Waals surface area contributed by atoms with Crippen molar-refractivity contribution in [1.82, 2.24) is 10.3 Å². The molecular formula is C11H16N2O2S. The van der Waals surface area contributed by atoms with Gasteiger partial charge in [0, 0.05) is 18.1 Å². The van der Waals surface area contributed by atoms with Gasteiger partial charge in [-0.3, -0.25) is 0 Å². The Morgan fingerprint density at radius 2 is 2.38 bits per heavy atom. The van der Waals surface area contributed by atoms with E-state index in [2.05, 4.69) is 10.3 Å². The van der Waals surface area contributed by atoms with Crippen LogP contribution in [0.2, 0.25) is 0 Å². The van der Waals surface area contributed by atoms with E-state index >= 15 is 0 Å². The van der Waals surface area contributed by atoms with Crippen molar-refractivity contribution in [2.75, 3.05) is 6.54 Å². The van der Waals surface area contributed by atoms with Gasteiger partial charge in [-0.05, 0) is 26.8 Å². The minimum absolute atomic E-state index is 0.406. The number of nitrogens with one attached hydrogen (secondary N) is 1. The summed E-state index contributed by atoms with van der Waals surface area (Å²) < 4.78 is 5.08. The Hall–Kier alpha value is -1.36. The van der Waals surface area contributed by atoms with E-state index in [9.17, 15) is 4.79 Å². The van der Waals surface area contributed by atoms with Crippen LogP contribution in [0.3, 0.4) is 0 Å². The van der Waals surface area contributed by atoms with Crippen molar-refractivity contribution in [1.29, 1.82) is 0 Å². The molecule has 0 radical (unpaired) electrons. The van der Waals surface area contributed by atoms with E-state index in [4.69, 9.17) is 4.74 Å². The van der Waals surface area contributed by atoms with Crippen LogP contribution in [0.25, 0.3) is 6.08 Å². The molecule has 0 unspecified atom stereocenters. The molecule has 0 saturated heterocycles. The zero-order chi connectivity index (χ0) is 12.0. The molecule has 1 rings (SSSR count). The normalized spacial score (nSPS) is 11.7. The first-order valence-corrected chi connectivity index (χ1v) is 5.88. The number of rotatable bonds is 3. The predicted octanol–water partition coefficient (Wildman–Crippen LogP) is 2.68. The molecule has 0 saturated carbocycles. The summed E-state index contributed by atoms with van der Waals surface area (Å²) in [6.45, 7) is 5.93. The fourth-order valence-corrected chi connectivity index (χ4v) is 1.49. The van der Waals surface area contributed by atoms with Crippen LogP contribution in [-0.2, 0) is 4.74 Å². The minimum Gasteiger partial charge on any atom is -0.444 e. The summed E-state index contributed by atoms with van der Waals surface area (Å²) >= 11 is 1.55. The zero-order valence-electron chi connectivity index (χ0n) is 9.69. The van der Waals surface area contributed by atoms with E-state index in [1.165, 1.54) is 0 Å². The average molecular weight is 240 g/mol. The van der Waals surface area contributed by atoms with E-state index in [1.807, 2.05) is 38.3 Å². The number of thiazole rings is 1. The monoisotopic (exact) mass is 240 g/mol. The Bertz CT molecular complexity index is 353. The summed E-state index contributed by atoms with van der Waals surface area (Å²) in [4.78, 5) is 15.3. The molecule has 0 atom stereocenters. The maximum absolute atomic E-state index is 11.2. The van der Waals surface area contributed by atoms with Gasteiger partial charge in [-0.2, -0.15) is 0 Å². The van der Waals surface area contributed by atoms with Crippen molar-refractivity contribution >= 4 is 23.5 Å². The highest BCUT2D eigenvalue weighted by molar-refractivity contribution is 7.10. The van der Waals surface area contributed by atoms with Crippen molar-refractivity contribution in [3.63, 3.8) is 0 Å². The molecule has 4 nitrogen and oxygen atoms in total. The molecule has 88 valence electrons. The third-order valence-electron chi connectivity index (χ3n) is 1.47. The van der Waals surface area contributed by atoms with Crippen LogP contribution < -0.4 is 5.32 Å². The number of hydrogen-bond acceptors (Lipinski definition) is 4. The Balaban J connectivity index is 2.23. The molecule has 1 amide bonds. The highest BCUT2D eigenvalue weighted by Crippen LogP contribution is 2.07. The average Bonchev–Trinajstić information content (AvgIpc) is 2.62. The molecule has 0 aliphatic heterocycles. The number of amides is 1. The lowest BCUT2D eigenvalue weighted by Crippen LogP contribution is -2.32. The molecule has 0 fully saturated rings. The topological polar surface area (TPSA) is 51.2 Å². The van der Waals surface area contributed by atoms with Crippen molar-refractivity contribution in [2.45, 2.75) is 26.4 Å². The van der Waals surface area contributed by atoms with Crippen LogP contribution in [0.5, 0.6) is 0 Å². The summed E-state index contributed by atoms with van der Waals surface area (Å²) in [6, 6.07) is 0. The molecule has 16 heavy (non-hydrogen) atoms. The summed E-state index contributed by atoms with van der Waals surface area (Å²) in [6.07, 6.45) is 5.03. The lowest BCUT2D eigenvalue weighted by atomic mass is 10.2. The lowest BCUT2D eigenvalue weighted by Gasteiger charge is -2.19. The van der Waals surface area contributed by atoms with Crippen molar-refractivity contribution in [3.05, 3.63) is 22.7 Å². The van der Waals surface area contributed by atoms with Crippen LogP contribution in [0, 0.1) is 0 Å². The second-order valence-corrected chi connectivity index (χ2v) is 5.08. The summed E-state index contributed by atoms with van der Waals surface area (Å²) in [7, 11) is 0. The lowest BCUT2D eigenvalue weighted by molar-refractivity contribution is 0.0534. The van der Waals surface area contributed by atoms with Gasteiger partial charge in [0.05, 0.1) is 0 Å². The van der Waals surface area contributed by atoms with Gasteiger partial charge < -0.3 is 10.1 Å². The van der Waals surface area contributed by atoms with E-state index < -0.39 is 11.7 Å². The Morgan fingerprint density at radius 3 is 2.94 bits per heavy atom. The van der Waals surface area contributed by atoms with Gasteiger partial charge in [0.25, 0.3) is 0 Å². The minimum atomic E-state index is -0.455. The van der Waals surface area contributed by atoms with Crippen LogP contribution in [-0.4, -0.2) is 23.2 Å². The second-order valence-electron chi connectivity index (χ2n) is 4.16. The SMILES string of the molecule is CC(C)(C)OC(=O)NCC=Cc1nccs1. The molecule has 0 aliphatic rings. The summed E-state index contributed by atoms with van der Waals surface area (Å²) in [5, 5.41) is 5.46. The highest BCUT2D eigenvalue weighted by atomic mass is 32.1. The molecule has 1 heterocycles. The molecule has 0 aromatic carbocycles. The van der Waals surface area contributed by atoms with Crippen LogP contribution in [0.1, 0.15) is 25.8 Å². The highest BCUT2D eigenvalue weighted by Gasteiger charge is 2.14. The van der Waals surface area contributed by atoms with E-state index in [0.29, 0.717) is 6.54 Å². The van der Waals surface area contributed by atoms with Crippen molar-refractivity contribution in [3.8, 4) is 0 Å².